The molecule has 0 saturated carbocycles. The maximum absolute atomic E-state index is 11.2. The van der Waals surface area contributed by atoms with Gasteiger partial charge >= 0.3 is 5.91 Å². The third kappa shape index (κ3) is 3.55. The molecule has 0 radical (unpaired) electrons. The van der Waals surface area contributed by atoms with Gasteiger partial charge in [-0.3, -0.25) is 10.2 Å². The van der Waals surface area contributed by atoms with Gasteiger partial charge in [-0.25, -0.2) is 15.8 Å². The highest BCUT2D eigenvalue weighted by atomic mass is 32.2. The molecule has 0 spiro atoms. The summed E-state index contributed by atoms with van der Waals surface area (Å²) in [6.45, 7) is 3.85. The highest BCUT2D eigenvalue weighted by Crippen LogP contribution is 2.21. The van der Waals surface area contributed by atoms with Crippen LogP contribution in [-0.2, 0) is 5.75 Å². The molecule has 0 atom stereocenters. The maximum atomic E-state index is 11.2. The van der Waals surface area contributed by atoms with Gasteiger partial charge in [0.2, 0.25) is 0 Å². The fourth-order valence-electron chi connectivity index (χ4n) is 1.54. The molecule has 0 unspecified atom stereocenters. The van der Waals surface area contributed by atoms with Crippen molar-refractivity contribution in [1.29, 1.82) is 0 Å². The van der Waals surface area contributed by atoms with Gasteiger partial charge in [-0.1, -0.05) is 11.8 Å². The summed E-state index contributed by atoms with van der Waals surface area (Å²) >= 11 is 1.46. The van der Waals surface area contributed by atoms with Crippen LogP contribution >= 0.6 is 11.8 Å². The molecular weight excluding hydrogens is 264 g/mol. The fourth-order valence-corrected chi connectivity index (χ4v) is 2.39. The van der Waals surface area contributed by atoms with E-state index in [1.165, 1.54) is 11.8 Å². The van der Waals surface area contributed by atoms with Gasteiger partial charge in [0.1, 0.15) is 5.76 Å². The van der Waals surface area contributed by atoms with Crippen LogP contribution in [0.4, 0.5) is 0 Å². The van der Waals surface area contributed by atoms with E-state index in [0.717, 1.165) is 11.4 Å². The normalized spacial score (nSPS) is 10.5. The second-order valence-electron chi connectivity index (χ2n) is 3.96. The summed E-state index contributed by atoms with van der Waals surface area (Å²) < 4.78 is 5.35. The number of aromatic nitrogens is 2. The summed E-state index contributed by atoms with van der Waals surface area (Å²) in [5, 5.41) is 0.693. The summed E-state index contributed by atoms with van der Waals surface area (Å²) in [7, 11) is 0. The molecule has 1 amide bonds. The minimum Gasteiger partial charge on any atom is -0.455 e. The van der Waals surface area contributed by atoms with Crippen molar-refractivity contribution in [2.24, 2.45) is 5.84 Å². The van der Waals surface area contributed by atoms with E-state index in [-0.39, 0.29) is 5.76 Å². The lowest BCUT2D eigenvalue weighted by atomic mass is 10.4. The summed E-state index contributed by atoms with van der Waals surface area (Å²) in [5.74, 6) is 6.00. The number of carbonyl (C=O) groups is 1. The van der Waals surface area contributed by atoms with Gasteiger partial charge in [-0.2, -0.15) is 0 Å². The van der Waals surface area contributed by atoms with Crippen molar-refractivity contribution in [3.05, 3.63) is 41.1 Å². The maximum Gasteiger partial charge on any atom is 0.300 e. The SMILES string of the molecule is Cc1cc(C)nc(SCc2ccc(C(=O)NN)o2)n1. The third-order valence-corrected chi connectivity index (χ3v) is 3.19. The number of carbonyl (C=O) groups excluding carboxylic acids is 1. The van der Waals surface area contributed by atoms with Crippen LogP contribution in [0.3, 0.4) is 0 Å². The van der Waals surface area contributed by atoms with Crippen LogP contribution in [0.5, 0.6) is 0 Å². The first kappa shape index (κ1) is 13.6. The van der Waals surface area contributed by atoms with Crippen molar-refractivity contribution >= 4 is 17.7 Å². The van der Waals surface area contributed by atoms with Gasteiger partial charge in [0.25, 0.3) is 0 Å². The highest BCUT2D eigenvalue weighted by molar-refractivity contribution is 7.98. The van der Waals surface area contributed by atoms with E-state index in [2.05, 4.69) is 9.97 Å². The molecule has 6 nitrogen and oxygen atoms in total. The van der Waals surface area contributed by atoms with E-state index >= 15 is 0 Å². The first-order valence-corrected chi connectivity index (χ1v) is 6.62. The molecule has 0 aliphatic heterocycles. The Morgan fingerprint density at radius 3 is 2.68 bits per heavy atom. The standard InChI is InChI=1S/C12H14N4O2S/c1-7-5-8(2)15-12(14-7)19-6-9-3-4-10(18-9)11(17)16-13/h3-5H,6,13H2,1-2H3,(H,16,17). The van der Waals surface area contributed by atoms with Crippen LogP contribution in [0.2, 0.25) is 0 Å². The van der Waals surface area contributed by atoms with Gasteiger partial charge < -0.3 is 4.42 Å². The lowest BCUT2D eigenvalue weighted by Gasteiger charge is -2.01. The fraction of sp³-hybridized carbons (Fsp3) is 0.250. The van der Waals surface area contributed by atoms with Crippen LogP contribution in [0.15, 0.2) is 27.8 Å². The van der Waals surface area contributed by atoms with Gasteiger partial charge in [-0.05, 0) is 32.0 Å². The van der Waals surface area contributed by atoms with E-state index in [1.807, 2.05) is 25.3 Å². The quantitative estimate of drug-likeness (QED) is 0.290. The summed E-state index contributed by atoms with van der Waals surface area (Å²) in [6, 6.07) is 5.24. The first-order valence-electron chi connectivity index (χ1n) is 5.63. The Balaban J connectivity index is 2.02. The van der Waals surface area contributed by atoms with Crippen molar-refractivity contribution < 1.29 is 9.21 Å². The average Bonchev–Trinajstić information content (AvgIpc) is 2.83. The van der Waals surface area contributed by atoms with Gasteiger partial charge in [0.15, 0.2) is 10.9 Å². The number of thioether (sulfide) groups is 1. The van der Waals surface area contributed by atoms with Crippen molar-refractivity contribution in [2.75, 3.05) is 0 Å². The lowest BCUT2D eigenvalue weighted by Crippen LogP contribution is -2.29. The molecule has 3 N–H and O–H groups in total. The zero-order valence-electron chi connectivity index (χ0n) is 10.6. The van der Waals surface area contributed by atoms with Crippen LogP contribution in [-0.4, -0.2) is 15.9 Å². The molecule has 2 heterocycles. The number of hydrazine groups is 1. The second kappa shape index (κ2) is 5.85. The number of nitrogens with zero attached hydrogens (tertiary/aromatic N) is 2. The predicted octanol–water partition coefficient (Wildman–Crippen LogP) is 1.58. The minimum absolute atomic E-state index is 0.194. The molecule has 100 valence electrons. The van der Waals surface area contributed by atoms with Crippen LogP contribution in [0.1, 0.15) is 27.7 Å². The number of hydrogen-bond donors (Lipinski definition) is 2. The molecule has 2 aromatic rings. The molecule has 2 aromatic heterocycles. The molecule has 0 bridgehead atoms. The Morgan fingerprint density at radius 1 is 1.37 bits per heavy atom. The molecule has 7 heteroatoms. The molecule has 0 aliphatic rings. The molecule has 0 saturated heterocycles. The predicted molar refractivity (Wildman–Crippen MR) is 71.4 cm³/mol. The second-order valence-corrected chi connectivity index (χ2v) is 4.90. The number of amides is 1. The van der Waals surface area contributed by atoms with Crippen molar-refractivity contribution in [2.45, 2.75) is 24.8 Å². The zero-order chi connectivity index (χ0) is 13.8. The monoisotopic (exact) mass is 278 g/mol. The largest absolute Gasteiger partial charge is 0.455 e. The minimum atomic E-state index is -0.445. The summed E-state index contributed by atoms with van der Waals surface area (Å²) in [4.78, 5) is 19.9. The Hall–Kier alpha value is -1.86. The number of nitrogen functional groups attached to an aromatic ring is 1. The summed E-state index contributed by atoms with van der Waals surface area (Å²) in [5.41, 5.74) is 3.88. The Kier molecular flexibility index (Phi) is 4.18. The molecule has 0 aromatic carbocycles. The van der Waals surface area contributed by atoms with E-state index in [0.29, 0.717) is 16.7 Å². The smallest absolute Gasteiger partial charge is 0.300 e. The molecule has 19 heavy (non-hydrogen) atoms. The van der Waals surface area contributed by atoms with E-state index in [9.17, 15) is 4.79 Å². The Bertz CT molecular complexity index is 577. The van der Waals surface area contributed by atoms with Crippen molar-refractivity contribution in [3.8, 4) is 0 Å². The molecule has 0 fully saturated rings. The Morgan fingerprint density at radius 2 is 2.05 bits per heavy atom. The Labute approximate surface area is 114 Å². The highest BCUT2D eigenvalue weighted by Gasteiger charge is 2.10. The third-order valence-electron chi connectivity index (χ3n) is 2.32. The molecule has 2 rings (SSSR count). The number of nitrogens with two attached hydrogens (primary N) is 1. The van der Waals surface area contributed by atoms with Crippen molar-refractivity contribution in [3.63, 3.8) is 0 Å². The van der Waals surface area contributed by atoms with Crippen LogP contribution in [0.25, 0.3) is 0 Å². The number of hydrogen-bond acceptors (Lipinski definition) is 6. The molecule has 0 aliphatic carbocycles. The van der Waals surface area contributed by atoms with E-state index < -0.39 is 5.91 Å². The average molecular weight is 278 g/mol. The number of aryl methyl sites for hydroxylation is 2. The van der Waals surface area contributed by atoms with Gasteiger partial charge in [0.05, 0.1) is 5.75 Å². The topological polar surface area (TPSA) is 94.0 Å². The van der Waals surface area contributed by atoms with Crippen molar-refractivity contribution in [1.82, 2.24) is 15.4 Å². The van der Waals surface area contributed by atoms with Crippen LogP contribution in [0, 0.1) is 13.8 Å². The molecular formula is C12H14N4O2S. The van der Waals surface area contributed by atoms with Gasteiger partial charge in [-0.15, -0.1) is 0 Å². The number of nitrogens with one attached hydrogen (secondary N) is 1. The number of furan rings is 1. The van der Waals surface area contributed by atoms with Gasteiger partial charge in [0, 0.05) is 11.4 Å². The first-order chi connectivity index (χ1) is 9.08. The number of rotatable bonds is 4. The zero-order valence-corrected chi connectivity index (χ0v) is 11.5. The van der Waals surface area contributed by atoms with E-state index in [1.54, 1.807) is 12.1 Å². The lowest BCUT2D eigenvalue weighted by molar-refractivity contribution is 0.0924. The van der Waals surface area contributed by atoms with E-state index in [4.69, 9.17) is 10.3 Å². The summed E-state index contributed by atoms with van der Waals surface area (Å²) in [6.07, 6.45) is 0. The van der Waals surface area contributed by atoms with Crippen LogP contribution < -0.4 is 11.3 Å².